The summed E-state index contributed by atoms with van der Waals surface area (Å²) < 4.78 is 0. The lowest BCUT2D eigenvalue weighted by Gasteiger charge is -2.30. The van der Waals surface area contributed by atoms with Gasteiger partial charge in [-0.05, 0) is 43.4 Å². The van der Waals surface area contributed by atoms with Crippen molar-refractivity contribution in [3.63, 3.8) is 0 Å². The van der Waals surface area contributed by atoms with E-state index in [9.17, 15) is 4.79 Å². The third-order valence-electron chi connectivity index (χ3n) is 4.35. The molecule has 3 unspecified atom stereocenters. The normalized spacial score (nSPS) is 30.8. The van der Waals surface area contributed by atoms with Crippen LogP contribution in [0.25, 0.3) is 0 Å². The minimum Gasteiger partial charge on any atom is -0.314 e. The lowest BCUT2D eigenvalue weighted by molar-refractivity contribution is -0.123. The SMILES string of the molecule is CC1NCCC1C(=O)CC1Cc2ccccc21. The van der Waals surface area contributed by atoms with Crippen molar-refractivity contribution in [1.29, 1.82) is 0 Å². The van der Waals surface area contributed by atoms with Gasteiger partial charge in [0.2, 0.25) is 0 Å². The lowest BCUT2D eigenvalue weighted by Crippen LogP contribution is -2.30. The third kappa shape index (κ3) is 1.91. The highest BCUT2D eigenvalue weighted by atomic mass is 16.1. The Labute approximate surface area is 102 Å². The summed E-state index contributed by atoms with van der Waals surface area (Å²) in [5, 5.41) is 3.36. The maximum absolute atomic E-state index is 12.2. The lowest BCUT2D eigenvalue weighted by atomic mass is 9.73. The van der Waals surface area contributed by atoms with Gasteiger partial charge < -0.3 is 5.32 Å². The smallest absolute Gasteiger partial charge is 0.138 e. The summed E-state index contributed by atoms with van der Waals surface area (Å²) in [5.74, 6) is 1.20. The van der Waals surface area contributed by atoms with E-state index in [1.807, 2.05) is 0 Å². The van der Waals surface area contributed by atoms with E-state index in [2.05, 4.69) is 36.5 Å². The number of carbonyl (C=O) groups excluding carboxylic acids is 1. The number of hydrogen-bond acceptors (Lipinski definition) is 2. The molecule has 90 valence electrons. The van der Waals surface area contributed by atoms with Gasteiger partial charge in [0.15, 0.2) is 0 Å². The number of carbonyl (C=O) groups is 1. The first-order valence-corrected chi connectivity index (χ1v) is 6.59. The van der Waals surface area contributed by atoms with Gasteiger partial charge in [0.25, 0.3) is 0 Å². The molecule has 1 N–H and O–H groups in total. The van der Waals surface area contributed by atoms with Crippen molar-refractivity contribution in [3.8, 4) is 0 Å². The van der Waals surface area contributed by atoms with Gasteiger partial charge in [-0.25, -0.2) is 0 Å². The van der Waals surface area contributed by atoms with Gasteiger partial charge in [-0.1, -0.05) is 24.3 Å². The molecule has 0 radical (unpaired) electrons. The molecule has 2 heteroatoms. The van der Waals surface area contributed by atoms with Gasteiger partial charge in [0.05, 0.1) is 0 Å². The Hall–Kier alpha value is -1.15. The van der Waals surface area contributed by atoms with Crippen molar-refractivity contribution < 1.29 is 4.79 Å². The first kappa shape index (κ1) is 11.0. The molecule has 1 aliphatic heterocycles. The summed E-state index contributed by atoms with van der Waals surface area (Å²) in [6.07, 6.45) is 2.86. The van der Waals surface area contributed by atoms with Gasteiger partial charge in [-0.3, -0.25) is 4.79 Å². The van der Waals surface area contributed by atoms with Crippen LogP contribution in [-0.4, -0.2) is 18.4 Å². The molecule has 1 fully saturated rings. The second-order valence-corrected chi connectivity index (χ2v) is 5.41. The fourth-order valence-corrected chi connectivity index (χ4v) is 3.24. The van der Waals surface area contributed by atoms with Crippen LogP contribution in [0, 0.1) is 5.92 Å². The number of hydrogen-bond donors (Lipinski definition) is 1. The van der Waals surface area contributed by atoms with E-state index in [1.54, 1.807) is 0 Å². The van der Waals surface area contributed by atoms with Crippen LogP contribution in [0.3, 0.4) is 0 Å². The molecule has 0 saturated carbocycles. The molecule has 1 aromatic rings. The summed E-state index contributed by atoms with van der Waals surface area (Å²) in [6, 6.07) is 8.89. The van der Waals surface area contributed by atoms with Crippen LogP contribution in [0.1, 0.15) is 36.8 Å². The van der Waals surface area contributed by atoms with Crippen LogP contribution in [0.5, 0.6) is 0 Å². The van der Waals surface area contributed by atoms with Gasteiger partial charge in [0, 0.05) is 18.4 Å². The Morgan fingerprint density at radius 1 is 1.41 bits per heavy atom. The molecule has 1 heterocycles. The Bertz CT molecular complexity index is 440. The number of fused-ring (bicyclic) bond motifs is 1. The minimum absolute atomic E-state index is 0.253. The molecular weight excluding hydrogens is 210 g/mol. The first-order chi connectivity index (χ1) is 8.25. The highest BCUT2D eigenvalue weighted by Crippen LogP contribution is 2.38. The van der Waals surface area contributed by atoms with Gasteiger partial charge in [-0.15, -0.1) is 0 Å². The quantitative estimate of drug-likeness (QED) is 0.861. The van der Waals surface area contributed by atoms with Crippen LogP contribution in [0.4, 0.5) is 0 Å². The van der Waals surface area contributed by atoms with Crippen molar-refractivity contribution in [2.24, 2.45) is 5.92 Å². The molecule has 3 atom stereocenters. The highest BCUT2D eigenvalue weighted by molar-refractivity contribution is 5.83. The van der Waals surface area contributed by atoms with Crippen molar-refractivity contribution in [3.05, 3.63) is 35.4 Å². The molecule has 0 aromatic heterocycles. The summed E-state index contributed by atoms with van der Waals surface area (Å²) in [4.78, 5) is 12.2. The second kappa shape index (κ2) is 4.26. The van der Waals surface area contributed by atoms with Gasteiger partial charge in [0.1, 0.15) is 5.78 Å². The van der Waals surface area contributed by atoms with E-state index < -0.39 is 0 Å². The number of ketones is 1. The molecule has 3 rings (SSSR count). The summed E-state index contributed by atoms with van der Waals surface area (Å²) in [7, 11) is 0. The van der Waals surface area contributed by atoms with E-state index in [0.29, 0.717) is 17.7 Å². The second-order valence-electron chi connectivity index (χ2n) is 5.41. The van der Waals surface area contributed by atoms with Gasteiger partial charge >= 0.3 is 0 Å². The molecule has 1 aromatic carbocycles. The van der Waals surface area contributed by atoms with E-state index in [1.165, 1.54) is 11.1 Å². The largest absolute Gasteiger partial charge is 0.314 e. The van der Waals surface area contributed by atoms with Crippen LogP contribution in [0.15, 0.2) is 24.3 Å². The van der Waals surface area contributed by atoms with Crippen molar-refractivity contribution >= 4 is 5.78 Å². The zero-order chi connectivity index (χ0) is 11.8. The van der Waals surface area contributed by atoms with Crippen molar-refractivity contribution in [1.82, 2.24) is 5.32 Å². The Morgan fingerprint density at radius 2 is 2.24 bits per heavy atom. The molecule has 0 spiro atoms. The zero-order valence-corrected chi connectivity index (χ0v) is 10.3. The summed E-state index contributed by atoms with van der Waals surface area (Å²) in [6.45, 7) is 3.13. The van der Waals surface area contributed by atoms with Gasteiger partial charge in [-0.2, -0.15) is 0 Å². The fraction of sp³-hybridized carbons (Fsp3) is 0.533. The fourth-order valence-electron chi connectivity index (χ4n) is 3.24. The Morgan fingerprint density at radius 3 is 2.94 bits per heavy atom. The maximum Gasteiger partial charge on any atom is 0.138 e. The predicted molar refractivity (Wildman–Crippen MR) is 68.1 cm³/mol. The molecule has 2 aliphatic rings. The average Bonchev–Trinajstić information content (AvgIpc) is 2.72. The Balaban J connectivity index is 1.64. The standard InChI is InChI=1S/C15H19NO/c1-10-13(6-7-16-10)15(17)9-12-8-11-4-2-3-5-14(11)12/h2-5,10,12-13,16H,6-9H2,1H3. The molecule has 1 saturated heterocycles. The van der Waals surface area contributed by atoms with E-state index >= 15 is 0 Å². The number of Topliss-reactive ketones (excluding diaryl/α,β-unsaturated/α-hetero) is 1. The summed E-state index contributed by atoms with van der Waals surface area (Å²) >= 11 is 0. The summed E-state index contributed by atoms with van der Waals surface area (Å²) in [5.41, 5.74) is 2.84. The molecule has 0 amide bonds. The van der Waals surface area contributed by atoms with E-state index in [4.69, 9.17) is 0 Å². The van der Waals surface area contributed by atoms with Crippen LogP contribution in [-0.2, 0) is 11.2 Å². The minimum atomic E-state index is 0.253. The Kier molecular flexibility index (Phi) is 2.75. The first-order valence-electron chi connectivity index (χ1n) is 6.59. The highest BCUT2D eigenvalue weighted by Gasteiger charge is 2.33. The average molecular weight is 229 g/mol. The number of nitrogens with one attached hydrogen (secondary N) is 1. The maximum atomic E-state index is 12.2. The van der Waals surface area contributed by atoms with Crippen molar-refractivity contribution in [2.75, 3.05) is 6.54 Å². The van der Waals surface area contributed by atoms with E-state index in [-0.39, 0.29) is 5.92 Å². The predicted octanol–water partition coefficient (Wildman–Crippen LogP) is 2.28. The molecule has 0 bridgehead atoms. The third-order valence-corrected chi connectivity index (χ3v) is 4.35. The van der Waals surface area contributed by atoms with Crippen LogP contribution >= 0.6 is 0 Å². The number of benzene rings is 1. The zero-order valence-electron chi connectivity index (χ0n) is 10.3. The van der Waals surface area contributed by atoms with Crippen molar-refractivity contribution in [2.45, 2.75) is 38.1 Å². The molecular formula is C15H19NO. The number of rotatable bonds is 3. The molecule has 17 heavy (non-hydrogen) atoms. The molecule has 1 aliphatic carbocycles. The monoisotopic (exact) mass is 229 g/mol. The van der Waals surface area contributed by atoms with E-state index in [0.717, 1.165) is 25.8 Å². The topological polar surface area (TPSA) is 29.1 Å². The van der Waals surface area contributed by atoms with Crippen LogP contribution < -0.4 is 5.32 Å². The van der Waals surface area contributed by atoms with Crippen LogP contribution in [0.2, 0.25) is 0 Å². The molecule has 2 nitrogen and oxygen atoms in total.